The minimum absolute atomic E-state index is 0.0569. The summed E-state index contributed by atoms with van der Waals surface area (Å²) < 4.78 is 48.2. The molecular formula is C14H15F3N6O2. The molecule has 3 rings (SSSR count). The molecular weight excluding hydrogens is 341 g/mol. The van der Waals surface area contributed by atoms with E-state index in [0.717, 1.165) is 6.33 Å². The zero-order chi connectivity index (χ0) is 18.2. The van der Waals surface area contributed by atoms with Crippen molar-refractivity contribution in [3.63, 3.8) is 0 Å². The molecule has 8 nitrogen and oxygen atoms in total. The molecule has 25 heavy (non-hydrogen) atoms. The maximum atomic E-state index is 13.5. The Balaban J connectivity index is 2.22. The first-order valence-corrected chi connectivity index (χ1v) is 7.54. The molecule has 3 heterocycles. The van der Waals surface area contributed by atoms with Gasteiger partial charge in [0.15, 0.2) is 0 Å². The first-order valence-electron chi connectivity index (χ1n) is 7.54. The van der Waals surface area contributed by atoms with Crippen molar-refractivity contribution >= 4 is 11.9 Å². The monoisotopic (exact) mass is 356 g/mol. The third kappa shape index (κ3) is 2.96. The van der Waals surface area contributed by atoms with Crippen molar-refractivity contribution in [3.05, 3.63) is 35.6 Å². The number of allylic oxidation sites excluding steroid dienone is 1. The fourth-order valence-electron chi connectivity index (χ4n) is 2.61. The second-order valence-corrected chi connectivity index (χ2v) is 5.19. The number of fused-ring (bicyclic) bond motifs is 1. The maximum Gasteiger partial charge on any atom is 0.431 e. The first-order chi connectivity index (χ1) is 11.9. The van der Waals surface area contributed by atoms with Gasteiger partial charge in [-0.1, -0.05) is 0 Å². The van der Waals surface area contributed by atoms with Crippen molar-refractivity contribution in [2.45, 2.75) is 32.6 Å². The number of hydrogen-bond donors (Lipinski definition) is 1. The Labute approximate surface area is 140 Å². The van der Waals surface area contributed by atoms with Crippen LogP contribution in [0, 0.1) is 0 Å². The van der Waals surface area contributed by atoms with Crippen LogP contribution in [0.3, 0.4) is 0 Å². The van der Waals surface area contributed by atoms with Crippen LogP contribution in [0.4, 0.5) is 19.1 Å². The Morgan fingerprint density at radius 2 is 2.12 bits per heavy atom. The highest BCUT2D eigenvalue weighted by Crippen LogP contribution is 2.40. The van der Waals surface area contributed by atoms with E-state index in [2.05, 4.69) is 20.5 Å². The van der Waals surface area contributed by atoms with Crippen LogP contribution in [-0.4, -0.2) is 43.3 Å². The number of alkyl halides is 3. The number of ether oxygens (including phenoxy) is 1. The van der Waals surface area contributed by atoms with Gasteiger partial charge in [-0.3, -0.25) is 4.68 Å². The van der Waals surface area contributed by atoms with Crippen LogP contribution in [0.25, 0.3) is 0 Å². The van der Waals surface area contributed by atoms with E-state index in [1.165, 1.54) is 17.8 Å². The lowest BCUT2D eigenvalue weighted by molar-refractivity contribution is -0.140. The normalized spacial score (nSPS) is 17.2. The van der Waals surface area contributed by atoms with Gasteiger partial charge in [-0.15, -0.1) is 0 Å². The van der Waals surface area contributed by atoms with Crippen LogP contribution in [0.5, 0.6) is 0 Å². The highest BCUT2D eigenvalue weighted by atomic mass is 19.4. The molecule has 2 aromatic heterocycles. The minimum Gasteiger partial charge on any atom is -0.463 e. The number of rotatable bonds is 4. The van der Waals surface area contributed by atoms with Crippen LogP contribution in [0.1, 0.15) is 25.5 Å². The fraction of sp³-hybridized carbons (Fsp3) is 0.429. The molecule has 0 aliphatic carbocycles. The van der Waals surface area contributed by atoms with E-state index in [0.29, 0.717) is 12.1 Å². The molecule has 0 bridgehead atoms. The minimum atomic E-state index is -4.79. The van der Waals surface area contributed by atoms with E-state index in [9.17, 15) is 18.0 Å². The number of aromatic nitrogens is 5. The summed E-state index contributed by atoms with van der Waals surface area (Å²) in [5.41, 5.74) is -1.41. The standard InChI is InChI=1S/C14H15F3N6O2/c1-3-22-6-8(5-19-22)10-9(12(24)25-4-2)11(14(15,16)17)21-13-18-7-20-23(10)13/h5-7,10H,3-4H2,1-2H3,(H,18,20,21)/t10-/m0/s1. The van der Waals surface area contributed by atoms with Gasteiger partial charge in [-0.05, 0) is 13.8 Å². The molecule has 2 aromatic rings. The number of carbonyl (C=O) groups excluding carboxylic acids is 1. The van der Waals surface area contributed by atoms with E-state index in [1.807, 2.05) is 6.92 Å². The quantitative estimate of drug-likeness (QED) is 0.842. The molecule has 0 unspecified atom stereocenters. The second kappa shape index (κ2) is 6.22. The molecule has 134 valence electrons. The zero-order valence-corrected chi connectivity index (χ0v) is 13.4. The van der Waals surface area contributed by atoms with E-state index >= 15 is 0 Å². The second-order valence-electron chi connectivity index (χ2n) is 5.19. The number of carbonyl (C=O) groups is 1. The highest BCUT2D eigenvalue weighted by Gasteiger charge is 2.46. The van der Waals surface area contributed by atoms with Gasteiger partial charge in [0.2, 0.25) is 5.95 Å². The van der Waals surface area contributed by atoms with Crippen LogP contribution in [0.15, 0.2) is 30.0 Å². The largest absolute Gasteiger partial charge is 0.463 e. The van der Waals surface area contributed by atoms with Crippen molar-refractivity contribution in [2.75, 3.05) is 11.9 Å². The molecule has 0 spiro atoms. The molecule has 0 aromatic carbocycles. The van der Waals surface area contributed by atoms with Gasteiger partial charge >= 0.3 is 12.1 Å². The van der Waals surface area contributed by atoms with Crippen LogP contribution in [-0.2, 0) is 16.1 Å². The van der Waals surface area contributed by atoms with Crippen LogP contribution < -0.4 is 5.32 Å². The smallest absolute Gasteiger partial charge is 0.431 e. The fourth-order valence-corrected chi connectivity index (χ4v) is 2.61. The summed E-state index contributed by atoms with van der Waals surface area (Å²) in [5.74, 6) is -1.19. The lowest BCUT2D eigenvalue weighted by Gasteiger charge is -2.29. The Morgan fingerprint density at radius 3 is 2.72 bits per heavy atom. The molecule has 0 amide bonds. The van der Waals surface area contributed by atoms with Crippen molar-refractivity contribution in [2.24, 2.45) is 0 Å². The summed E-state index contributed by atoms with van der Waals surface area (Å²) in [7, 11) is 0. The summed E-state index contributed by atoms with van der Waals surface area (Å²) in [6.45, 7) is 3.83. The number of halogens is 3. The van der Waals surface area contributed by atoms with Gasteiger partial charge in [-0.2, -0.15) is 28.4 Å². The third-order valence-electron chi connectivity index (χ3n) is 3.67. The number of hydrogen-bond acceptors (Lipinski definition) is 6. The lowest BCUT2D eigenvalue weighted by Crippen LogP contribution is -2.35. The number of aryl methyl sites for hydroxylation is 1. The number of nitrogens with one attached hydrogen (secondary N) is 1. The van der Waals surface area contributed by atoms with E-state index in [-0.39, 0.29) is 12.6 Å². The number of esters is 1. The molecule has 1 N–H and O–H groups in total. The van der Waals surface area contributed by atoms with Gasteiger partial charge in [0.25, 0.3) is 0 Å². The lowest BCUT2D eigenvalue weighted by atomic mass is 9.97. The van der Waals surface area contributed by atoms with Crippen molar-refractivity contribution in [3.8, 4) is 0 Å². The van der Waals surface area contributed by atoms with Gasteiger partial charge in [0.05, 0.1) is 18.4 Å². The molecule has 0 saturated carbocycles. The first kappa shape index (κ1) is 17.0. The van der Waals surface area contributed by atoms with E-state index in [1.54, 1.807) is 10.9 Å². The van der Waals surface area contributed by atoms with E-state index in [4.69, 9.17) is 4.74 Å². The Kier molecular flexibility index (Phi) is 4.23. The average molecular weight is 356 g/mol. The SMILES string of the molecule is CCOC(=O)C1=C(C(F)(F)F)Nc2ncnn2[C@H]1c1cnn(CC)c1. The number of anilines is 1. The third-order valence-corrected chi connectivity index (χ3v) is 3.67. The maximum absolute atomic E-state index is 13.5. The summed E-state index contributed by atoms with van der Waals surface area (Å²) in [4.78, 5) is 16.1. The van der Waals surface area contributed by atoms with E-state index < -0.39 is 29.5 Å². The summed E-state index contributed by atoms with van der Waals surface area (Å²) in [6.07, 6.45) is -0.715. The highest BCUT2D eigenvalue weighted by molar-refractivity contribution is 5.92. The van der Waals surface area contributed by atoms with Gasteiger partial charge < -0.3 is 10.1 Å². The molecule has 1 atom stereocenters. The van der Waals surface area contributed by atoms with Crippen molar-refractivity contribution in [1.82, 2.24) is 24.5 Å². The molecule has 0 fully saturated rings. The summed E-state index contributed by atoms with van der Waals surface area (Å²) >= 11 is 0. The summed E-state index contributed by atoms with van der Waals surface area (Å²) in [6, 6.07) is -1.14. The van der Waals surface area contributed by atoms with Crippen molar-refractivity contribution < 1.29 is 22.7 Å². The van der Waals surface area contributed by atoms with Gasteiger partial charge in [0.1, 0.15) is 18.1 Å². The Bertz CT molecular complexity index is 823. The topological polar surface area (TPSA) is 86.9 Å². The predicted octanol–water partition coefficient (Wildman–Crippen LogP) is 1.89. The van der Waals surface area contributed by atoms with Crippen LogP contribution in [0.2, 0.25) is 0 Å². The molecule has 0 radical (unpaired) electrons. The van der Waals surface area contributed by atoms with Gasteiger partial charge in [-0.25, -0.2) is 9.48 Å². The molecule has 11 heteroatoms. The molecule has 1 aliphatic heterocycles. The van der Waals surface area contributed by atoms with Crippen molar-refractivity contribution in [1.29, 1.82) is 0 Å². The average Bonchev–Trinajstić information content (AvgIpc) is 3.21. The molecule has 0 saturated heterocycles. The van der Waals surface area contributed by atoms with Gasteiger partial charge in [0, 0.05) is 18.3 Å². The summed E-state index contributed by atoms with van der Waals surface area (Å²) in [5, 5.41) is 10.2. The Hall–Kier alpha value is -2.85. The zero-order valence-electron chi connectivity index (χ0n) is 13.4. The number of nitrogens with zero attached hydrogens (tertiary/aromatic N) is 5. The molecule has 1 aliphatic rings. The van der Waals surface area contributed by atoms with Crippen LogP contribution >= 0.6 is 0 Å². The Morgan fingerprint density at radius 1 is 1.36 bits per heavy atom. The predicted molar refractivity (Wildman–Crippen MR) is 79.4 cm³/mol.